The maximum Gasteiger partial charge on any atom is 0.135 e. The fourth-order valence-corrected chi connectivity index (χ4v) is 7.63. The van der Waals surface area contributed by atoms with Crippen LogP contribution in [0.5, 0.6) is 11.5 Å². The van der Waals surface area contributed by atoms with Crippen molar-refractivity contribution in [2.75, 3.05) is 14.7 Å². The van der Waals surface area contributed by atoms with Gasteiger partial charge in [-0.05, 0) is 46.8 Å². The Hall–Kier alpha value is -6.94. The zero-order chi connectivity index (χ0) is 38.0. The van der Waals surface area contributed by atoms with E-state index in [1.165, 1.54) is 5.39 Å². The van der Waals surface area contributed by atoms with E-state index in [1.54, 1.807) is 6.20 Å². The molecule has 58 heavy (non-hydrogen) atoms. The predicted molar refractivity (Wildman–Crippen MR) is 233 cm³/mol. The summed E-state index contributed by atoms with van der Waals surface area (Å²) in [4.78, 5) is 11.3. The molecule has 1 aliphatic rings. The molecule has 9 aromatic rings. The largest absolute Gasteiger partial charge is 0.509 e. The molecular weight excluding hydrogens is 892 g/mol. The minimum Gasteiger partial charge on any atom is -0.509 e. The molecule has 0 bridgehead atoms. The van der Waals surface area contributed by atoms with E-state index in [0.29, 0.717) is 11.5 Å². The SMILES string of the molecule is [Pt].[c-]1c(Oc2[c-]c(N(c3ccccc3)c3ccccn3)ccc2)cccc1N1[CH-]N(c2c(-c3ccccc3)cccc2-c2ccccc2)c2c1ccc1ccccc21. The molecule has 282 valence electrons. The van der Waals surface area contributed by atoms with Crippen LogP contribution in [0.2, 0.25) is 0 Å². The van der Waals surface area contributed by atoms with Crippen LogP contribution in [0.15, 0.2) is 206 Å². The summed E-state index contributed by atoms with van der Waals surface area (Å²) in [7, 11) is 0. The van der Waals surface area contributed by atoms with E-state index in [0.717, 1.165) is 67.6 Å². The molecule has 0 atom stereocenters. The van der Waals surface area contributed by atoms with Gasteiger partial charge in [0.05, 0.1) is 0 Å². The van der Waals surface area contributed by atoms with Crippen LogP contribution in [0.1, 0.15) is 0 Å². The van der Waals surface area contributed by atoms with E-state index in [4.69, 9.17) is 4.74 Å². The molecule has 8 aromatic carbocycles. The summed E-state index contributed by atoms with van der Waals surface area (Å²) >= 11 is 0. The van der Waals surface area contributed by atoms with Crippen molar-refractivity contribution < 1.29 is 25.8 Å². The maximum atomic E-state index is 6.55. The van der Waals surface area contributed by atoms with E-state index in [9.17, 15) is 0 Å². The molecule has 1 aliphatic heterocycles. The van der Waals surface area contributed by atoms with Gasteiger partial charge in [-0.3, -0.25) is 0 Å². The second-order valence-electron chi connectivity index (χ2n) is 13.7. The Labute approximate surface area is 353 Å². The van der Waals surface area contributed by atoms with Crippen molar-refractivity contribution in [3.63, 3.8) is 0 Å². The molecule has 0 fully saturated rings. The number of hydrogen-bond acceptors (Lipinski definition) is 5. The van der Waals surface area contributed by atoms with Gasteiger partial charge in [0.1, 0.15) is 5.82 Å². The number of pyridine rings is 1. The summed E-state index contributed by atoms with van der Waals surface area (Å²) in [6, 6.07) is 75.9. The summed E-state index contributed by atoms with van der Waals surface area (Å²) < 4.78 is 6.55. The average Bonchev–Trinajstić information content (AvgIpc) is 3.68. The second-order valence-corrected chi connectivity index (χ2v) is 13.7. The van der Waals surface area contributed by atoms with Crippen LogP contribution >= 0.6 is 0 Å². The monoisotopic (exact) mass is 926 g/mol. The number of anilines is 7. The Balaban J connectivity index is 0.00000436. The van der Waals surface area contributed by atoms with Crippen LogP contribution in [0.25, 0.3) is 33.0 Å². The fraction of sp³-hybridized carbons (Fsp3) is 0. The molecule has 2 heterocycles. The molecule has 0 amide bonds. The topological polar surface area (TPSA) is 31.8 Å². The molecule has 10 rings (SSSR count). The Morgan fingerprint density at radius 2 is 1.12 bits per heavy atom. The summed E-state index contributed by atoms with van der Waals surface area (Å²) in [5.74, 6) is 1.93. The first-order chi connectivity index (χ1) is 28.3. The summed E-state index contributed by atoms with van der Waals surface area (Å²) in [6.07, 6.45) is 1.80. The zero-order valence-corrected chi connectivity index (χ0v) is 33.5. The molecule has 1 aromatic heterocycles. The van der Waals surface area contributed by atoms with E-state index < -0.39 is 0 Å². The Morgan fingerprint density at radius 1 is 0.500 bits per heavy atom. The van der Waals surface area contributed by atoms with Crippen molar-refractivity contribution in [3.8, 4) is 33.8 Å². The van der Waals surface area contributed by atoms with Crippen LogP contribution in [0.4, 0.5) is 39.9 Å². The van der Waals surface area contributed by atoms with Gasteiger partial charge in [-0.15, -0.1) is 48.8 Å². The summed E-state index contributed by atoms with van der Waals surface area (Å²) in [5, 5.41) is 2.33. The number of para-hydroxylation sites is 2. The Bertz CT molecular complexity index is 2720. The number of fused-ring (bicyclic) bond motifs is 3. The van der Waals surface area contributed by atoms with Gasteiger partial charge in [-0.25, -0.2) is 4.98 Å². The van der Waals surface area contributed by atoms with Crippen LogP contribution in [-0.4, -0.2) is 4.98 Å². The third-order valence-corrected chi connectivity index (χ3v) is 10.2. The fourth-order valence-electron chi connectivity index (χ4n) is 7.63. The quantitative estimate of drug-likeness (QED) is 0.135. The van der Waals surface area contributed by atoms with Crippen LogP contribution < -0.4 is 19.4 Å². The molecule has 0 N–H and O–H groups in total. The average molecular weight is 927 g/mol. The van der Waals surface area contributed by atoms with E-state index in [-0.39, 0.29) is 21.1 Å². The molecular formula is C52H35N4OPt-3. The third-order valence-electron chi connectivity index (χ3n) is 10.2. The Morgan fingerprint density at radius 3 is 1.83 bits per heavy atom. The van der Waals surface area contributed by atoms with Gasteiger partial charge < -0.3 is 19.4 Å². The number of aromatic nitrogens is 1. The van der Waals surface area contributed by atoms with Gasteiger partial charge in [0.15, 0.2) is 0 Å². The molecule has 0 saturated carbocycles. The summed E-state index contributed by atoms with van der Waals surface area (Å²) in [5.41, 5.74) is 10.5. The summed E-state index contributed by atoms with van der Waals surface area (Å²) in [6.45, 7) is 2.19. The van der Waals surface area contributed by atoms with Crippen LogP contribution in [0.3, 0.4) is 0 Å². The molecule has 0 aliphatic carbocycles. The van der Waals surface area contributed by atoms with Crippen molar-refractivity contribution in [1.82, 2.24) is 4.98 Å². The van der Waals surface area contributed by atoms with Crippen molar-refractivity contribution in [2.45, 2.75) is 0 Å². The van der Waals surface area contributed by atoms with Crippen LogP contribution in [-0.2, 0) is 21.1 Å². The van der Waals surface area contributed by atoms with Crippen molar-refractivity contribution in [3.05, 3.63) is 225 Å². The van der Waals surface area contributed by atoms with Gasteiger partial charge in [-0.2, -0.15) is 12.1 Å². The molecule has 6 heteroatoms. The first-order valence-corrected chi connectivity index (χ1v) is 19.0. The number of ether oxygens (including phenoxy) is 1. The van der Waals surface area contributed by atoms with Crippen molar-refractivity contribution in [2.24, 2.45) is 0 Å². The first kappa shape index (κ1) is 36.7. The van der Waals surface area contributed by atoms with Gasteiger partial charge >= 0.3 is 0 Å². The molecule has 0 unspecified atom stereocenters. The van der Waals surface area contributed by atoms with E-state index >= 15 is 0 Å². The number of hydrogen-bond donors (Lipinski definition) is 0. The first-order valence-electron chi connectivity index (χ1n) is 19.0. The zero-order valence-electron chi connectivity index (χ0n) is 31.2. The molecule has 0 spiro atoms. The van der Waals surface area contributed by atoms with Gasteiger partial charge in [0, 0.05) is 78.0 Å². The van der Waals surface area contributed by atoms with Crippen molar-refractivity contribution in [1.29, 1.82) is 0 Å². The molecule has 0 radical (unpaired) electrons. The van der Waals surface area contributed by atoms with Gasteiger partial charge in [0.25, 0.3) is 0 Å². The maximum absolute atomic E-state index is 6.55. The Kier molecular flexibility index (Phi) is 10.3. The minimum atomic E-state index is 0. The molecule has 5 nitrogen and oxygen atoms in total. The normalized spacial score (nSPS) is 11.9. The minimum absolute atomic E-state index is 0. The molecule has 0 saturated heterocycles. The van der Waals surface area contributed by atoms with Crippen molar-refractivity contribution >= 4 is 50.7 Å². The van der Waals surface area contributed by atoms with Gasteiger partial charge in [0.2, 0.25) is 0 Å². The third kappa shape index (κ3) is 7.02. The van der Waals surface area contributed by atoms with E-state index in [2.05, 4.69) is 172 Å². The van der Waals surface area contributed by atoms with Gasteiger partial charge in [-0.1, -0.05) is 139 Å². The van der Waals surface area contributed by atoms with Crippen LogP contribution in [0, 0.1) is 18.8 Å². The number of nitrogens with zero attached hydrogens (tertiary/aromatic N) is 4. The predicted octanol–water partition coefficient (Wildman–Crippen LogP) is 13.8. The van der Waals surface area contributed by atoms with E-state index in [1.807, 2.05) is 66.7 Å². The smallest absolute Gasteiger partial charge is 0.135 e. The second kappa shape index (κ2) is 16.3. The number of rotatable bonds is 9. The number of benzene rings is 8. The standard InChI is InChI=1S/C52H35N4O.Pt/c1-4-17-38(18-5-1)46-29-16-30-47(39-19-6-2-7-20-39)51(46)55-37-54(49-33-32-40-21-10-11-28-48(40)52(49)55)42-24-14-26-44(35-42)57-45-27-15-25-43(36-45)56(41-22-8-3-9-23-41)50-31-12-13-34-53-50;/h1-34,37H;/q-3;.